The van der Waals surface area contributed by atoms with Gasteiger partial charge in [-0.15, -0.1) is 0 Å². The van der Waals surface area contributed by atoms with Crippen LogP contribution < -0.4 is 0 Å². The van der Waals surface area contributed by atoms with Crippen molar-refractivity contribution in [1.82, 2.24) is 0 Å². The zero-order chi connectivity index (χ0) is 31.9. The van der Waals surface area contributed by atoms with E-state index in [-0.39, 0.29) is 47.6 Å². The Morgan fingerprint density at radius 2 is 1.46 bits per heavy atom. The van der Waals surface area contributed by atoms with Crippen molar-refractivity contribution < 1.29 is 24.2 Å². The highest BCUT2D eigenvalue weighted by Gasteiger charge is 2.62. The predicted octanol–water partition coefficient (Wildman–Crippen LogP) is 7.58. The van der Waals surface area contributed by atoms with Gasteiger partial charge >= 0.3 is 5.97 Å². The van der Waals surface area contributed by atoms with Crippen molar-refractivity contribution in [1.29, 1.82) is 0 Å². The lowest BCUT2D eigenvalue weighted by molar-refractivity contribution is -0.169. The maximum absolute atomic E-state index is 13.5. The molecule has 7 atom stereocenters. The molecule has 3 fully saturated rings. The molecule has 3 aromatic carbocycles. The topological polar surface area (TPSA) is 72.8 Å². The Kier molecular flexibility index (Phi) is 8.11. The van der Waals surface area contributed by atoms with Crippen LogP contribution in [-0.2, 0) is 24.7 Å². The molecule has 3 saturated carbocycles. The maximum atomic E-state index is 13.5. The molecular weight excluding hydrogens is 572 g/mol. The summed E-state index contributed by atoms with van der Waals surface area (Å²) < 4.78 is 13.1. The van der Waals surface area contributed by atoms with Crippen LogP contribution in [0, 0.1) is 28.6 Å². The second-order valence-corrected chi connectivity index (χ2v) is 14.2. The molecule has 3 aromatic rings. The van der Waals surface area contributed by atoms with Crippen LogP contribution in [0.15, 0.2) is 115 Å². The Morgan fingerprint density at radius 3 is 2.04 bits per heavy atom. The summed E-state index contributed by atoms with van der Waals surface area (Å²) in [7, 11) is 0. The van der Waals surface area contributed by atoms with Crippen LogP contribution in [0.1, 0.15) is 69.1 Å². The lowest BCUT2D eigenvalue weighted by Crippen LogP contribution is -2.56. The van der Waals surface area contributed by atoms with Crippen LogP contribution in [0.5, 0.6) is 0 Å². The van der Waals surface area contributed by atoms with Crippen molar-refractivity contribution in [3.8, 4) is 0 Å². The van der Waals surface area contributed by atoms with Crippen LogP contribution in [0.3, 0.4) is 0 Å². The Bertz CT molecular complexity index is 1530. The van der Waals surface area contributed by atoms with Crippen molar-refractivity contribution in [2.45, 2.75) is 70.2 Å². The van der Waals surface area contributed by atoms with Gasteiger partial charge in [0.1, 0.15) is 11.7 Å². The standard InChI is InChI=1S/C41H44O5/c1-39-24-22-32(42)26-31(39)18-19-33-34-20-21-36(40(34,2)27-35(43)38(33)39)46-37(44)23-25-45-41(28-12-6-3-7-13-28,29-14-8-4-9-15-29)30-16-10-5-11-17-30/h3-17,22,24,26,33-36,38,43H,18-21,23,25,27H2,1-2H3. The molecule has 0 aliphatic heterocycles. The van der Waals surface area contributed by atoms with Crippen LogP contribution in [0.2, 0.25) is 0 Å². The first-order chi connectivity index (χ1) is 22.3. The molecular formula is C41H44O5. The first-order valence-electron chi connectivity index (χ1n) is 16.9. The highest BCUT2D eigenvalue weighted by Crippen LogP contribution is 2.65. The number of benzene rings is 3. The number of carbonyl (C=O) groups is 2. The van der Waals surface area contributed by atoms with Gasteiger partial charge in [-0.3, -0.25) is 9.59 Å². The van der Waals surface area contributed by atoms with Crippen molar-refractivity contribution in [3.05, 3.63) is 131 Å². The zero-order valence-corrected chi connectivity index (χ0v) is 26.8. The second kappa shape index (κ2) is 12.1. The SMILES string of the molecule is CC12C=CC(=O)C=C1CCC1C2C(O)CC2(C)C(OC(=O)CCOC(c3ccccc3)(c3ccccc3)c3ccccc3)CCC12. The predicted molar refractivity (Wildman–Crippen MR) is 178 cm³/mol. The molecule has 238 valence electrons. The molecule has 4 aliphatic rings. The number of fused-ring (bicyclic) bond motifs is 5. The number of hydrogen-bond acceptors (Lipinski definition) is 5. The minimum Gasteiger partial charge on any atom is -0.462 e. The summed E-state index contributed by atoms with van der Waals surface area (Å²) in [5.74, 6) is 0.540. The summed E-state index contributed by atoms with van der Waals surface area (Å²) in [6.07, 6.45) is 9.09. The van der Waals surface area contributed by atoms with E-state index in [0.29, 0.717) is 18.3 Å². The van der Waals surface area contributed by atoms with E-state index in [9.17, 15) is 14.7 Å². The number of carbonyl (C=O) groups excluding carboxylic acids is 2. The Morgan fingerprint density at radius 1 is 0.870 bits per heavy atom. The second-order valence-electron chi connectivity index (χ2n) is 14.2. The first kappa shape index (κ1) is 30.8. The van der Waals surface area contributed by atoms with Crippen LogP contribution in [-0.4, -0.2) is 35.7 Å². The summed E-state index contributed by atoms with van der Waals surface area (Å²) in [6.45, 7) is 4.60. The van der Waals surface area contributed by atoms with Crippen molar-refractivity contribution in [2.24, 2.45) is 28.6 Å². The van der Waals surface area contributed by atoms with Gasteiger partial charge in [0.15, 0.2) is 5.78 Å². The summed E-state index contributed by atoms with van der Waals surface area (Å²) in [6, 6.07) is 30.5. The molecule has 0 bridgehead atoms. The molecule has 5 heteroatoms. The van der Waals surface area contributed by atoms with Crippen LogP contribution in [0.25, 0.3) is 0 Å². The molecule has 7 unspecified atom stereocenters. The van der Waals surface area contributed by atoms with E-state index in [2.05, 4.69) is 50.2 Å². The molecule has 0 heterocycles. The molecule has 0 radical (unpaired) electrons. The van der Waals surface area contributed by atoms with E-state index in [1.165, 1.54) is 0 Å². The molecule has 5 nitrogen and oxygen atoms in total. The van der Waals surface area contributed by atoms with Crippen molar-refractivity contribution >= 4 is 11.8 Å². The molecule has 1 N–H and O–H groups in total. The highest BCUT2D eigenvalue weighted by molar-refractivity contribution is 6.01. The number of aliphatic hydroxyl groups is 1. The Hall–Kier alpha value is -3.80. The van der Waals surface area contributed by atoms with Gasteiger partial charge in [-0.05, 0) is 72.8 Å². The molecule has 0 saturated heterocycles. The molecule has 46 heavy (non-hydrogen) atoms. The van der Waals surface area contributed by atoms with Gasteiger partial charge in [-0.25, -0.2) is 0 Å². The fourth-order valence-corrected chi connectivity index (χ4v) is 9.75. The van der Waals surface area contributed by atoms with Crippen LogP contribution >= 0.6 is 0 Å². The van der Waals surface area contributed by atoms with Gasteiger partial charge in [0.05, 0.1) is 19.1 Å². The lowest BCUT2D eigenvalue weighted by Gasteiger charge is -2.58. The van der Waals surface area contributed by atoms with E-state index in [4.69, 9.17) is 9.47 Å². The zero-order valence-electron chi connectivity index (χ0n) is 26.8. The third kappa shape index (κ3) is 5.09. The number of rotatable bonds is 8. The summed E-state index contributed by atoms with van der Waals surface area (Å²) >= 11 is 0. The van der Waals surface area contributed by atoms with E-state index in [1.54, 1.807) is 12.2 Å². The molecule has 0 aromatic heterocycles. The fraction of sp³-hybridized carbons (Fsp3) is 0.415. The monoisotopic (exact) mass is 616 g/mol. The summed E-state index contributed by atoms with van der Waals surface area (Å²) in [4.78, 5) is 25.7. The smallest absolute Gasteiger partial charge is 0.308 e. The van der Waals surface area contributed by atoms with E-state index in [0.717, 1.165) is 47.9 Å². The third-order valence-corrected chi connectivity index (χ3v) is 11.8. The van der Waals surface area contributed by atoms with Gasteiger partial charge < -0.3 is 14.6 Å². The first-order valence-corrected chi connectivity index (χ1v) is 16.9. The largest absolute Gasteiger partial charge is 0.462 e. The molecule has 0 spiro atoms. The van der Waals surface area contributed by atoms with Crippen molar-refractivity contribution in [3.63, 3.8) is 0 Å². The van der Waals surface area contributed by atoms with E-state index in [1.807, 2.05) is 60.7 Å². The number of ketones is 1. The highest BCUT2D eigenvalue weighted by atomic mass is 16.5. The number of aliphatic hydroxyl groups excluding tert-OH is 1. The van der Waals surface area contributed by atoms with Crippen LogP contribution in [0.4, 0.5) is 0 Å². The Labute approximate surface area is 272 Å². The van der Waals surface area contributed by atoms with Crippen molar-refractivity contribution in [2.75, 3.05) is 6.61 Å². The molecule has 7 rings (SSSR count). The van der Waals surface area contributed by atoms with Gasteiger partial charge in [-0.2, -0.15) is 0 Å². The fourth-order valence-electron chi connectivity index (χ4n) is 9.75. The maximum Gasteiger partial charge on any atom is 0.308 e. The molecule has 0 amide bonds. The van der Waals surface area contributed by atoms with E-state index < -0.39 is 11.7 Å². The number of ether oxygens (including phenoxy) is 2. The Balaban J connectivity index is 1.08. The van der Waals surface area contributed by atoms with Gasteiger partial charge in [-0.1, -0.05) is 116 Å². The number of hydrogen-bond donors (Lipinski definition) is 1. The van der Waals surface area contributed by atoms with Gasteiger partial charge in [0.25, 0.3) is 0 Å². The number of esters is 1. The third-order valence-electron chi connectivity index (χ3n) is 11.8. The molecule has 4 aliphatic carbocycles. The normalized spacial score (nSPS) is 31.8. The quantitative estimate of drug-likeness (QED) is 0.209. The van der Waals surface area contributed by atoms with Gasteiger partial charge in [0.2, 0.25) is 0 Å². The lowest BCUT2D eigenvalue weighted by atomic mass is 9.47. The van der Waals surface area contributed by atoms with E-state index >= 15 is 0 Å². The average molecular weight is 617 g/mol. The van der Waals surface area contributed by atoms with Gasteiger partial charge in [0, 0.05) is 16.7 Å². The average Bonchev–Trinajstić information content (AvgIpc) is 3.39. The number of allylic oxidation sites excluding steroid dienone is 4. The minimum atomic E-state index is -0.889. The minimum absolute atomic E-state index is 0.0476. The summed E-state index contributed by atoms with van der Waals surface area (Å²) in [5, 5.41) is 11.7. The summed E-state index contributed by atoms with van der Waals surface area (Å²) in [5.41, 5.74) is 2.66.